The maximum Gasteiger partial charge on any atom is 0.0440 e. The van der Waals surface area contributed by atoms with E-state index in [-0.39, 0.29) is 5.41 Å². The van der Waals surface area contributed by atoms with Crippen LogP contribution in [0.25, 0.3) is 0 Å². The van der Waals surface area contributed by atoms with Crippen LogP contribution in [-0.4, -0.2) is 5.75 Å². The molecular weight excluding hydrogens is 190 g/mol. The smallest absolute Gasteiger partial charge is 0.0440 e. The lowest BCUT2D eigenvalue weighted by atomic mass is 9.87. The number of benzene rings is 1. The second kappa shape index (κ2) is 4.74. The van der Waals surface area contributed by atoms with Gasteiger partial charge in [0.25, 0.3) is 0 Å². The second-order valence-electron chi connectivity index (χ2n) is 4.36. The number of hydrogen-bond donors (Lipinski definition) is 1. The van der Waals surface area contributed by atoms with Gasteiger partial charge in [0.15, 0.2) is 0 Å². The van der Waals surface area contributed by atoms with Crippen LogP contribution in [0, 0.1) is 0 Å². The third kappa shape index (κ3) is 3.26. The minimum Gasteiger partial charge on any atom is -0.330 e. The zero-order valence-corrected chi connectivity index (χ0v) is 10.2. The normalized spacial score (nSPS) is 11.4. The molecule has 1 N–H and O–H groups in total. The Hall–Kier alpha value is -0.630. The van der Waals surface area contributed by atoms with E-state index in [9.17, 15) is 0 Å². The van der Waals surface area contributed by atoms with Gasteiger partial charge in [0.2, 0.25) is 0 Å². The Kier molecular flexibility index (Phi) is 3.87. The molecule has 1 aromatic carbocycles. The quantitative estimate of drug-likeness (QED) is 0.753. The van der Waals surface area contributed by atoms with Crippen molar-refractivity contribution < 1.29 is 0 Å². The van der Waals surface area contributed by atoms with Crippen LogP contribution >= 0.6 is 11.9 Å². The summed E-state index contributed by atoms with van der Waals surface area (Å²) in [5.41, 5.74) is 2.81. The van der Waals surface area contributed by atoms with E-state index >= 15 is 0 Å². The van der Waals surface area contributed by atoms with Crippen LogP contribution in [0.2, 0.25) is 0 Å². The molecule has 0 spiro atoms. The first-order valence-corrected chi connectivity index (χ1v) is 6.01. The Morgan fingerprint density at radius 2 is 1.71 bits per heavy atom. The Balaban J connectivity index is 2.69. The molecule has 0 saturated heterocycles. The predicted molar refractivity (Wildman–Crippen MR) is 66.9 cm³/mol. The fourth-order valence-corrected chi connectivity index (χ4v) is 1.64. The van der Waals surface area contributed by atoms with Crippen molar-refractivity contribution in [2.24, 2.45) is 0 Å². The summed E-state index contributed by atoms with van der Waals surface area (Å²) in [5.74, 6) is 1.08. The van der Waals surface area contributed by atoms with Crippen molar-refractivity contribution >= 4 is 17.6 Å². The van der Waals surface area contributed by atoms with Crippen molar-refractivity contribution in [3.63, 3.8) is 0 Å². The standard InChI is InChI=1S/C12H19NS/c1-5-14-13-11-8-6-10(7-9-11)12(2,3)4/h6-9,13H,5H2,1-4H3. The number of nitrogens with one attached hydrogen (secondary N) is 1. The van der Waals surface area contributed by atoms with Crippen molar-refractivity contribution in [3.05, 3.63) is 29.8 Å². The van der Waals surface area contributed by atoms with Gasteiger partial charge in [-0.2, -0.15) is 0 Å². The van der Waals surface area contributed by atoms with Gasteiger partial charge in [0, 0.05) is 11.4 Å². The van der Waals surface area contributed by atoms with Gasteiger partial charge in [0.05, 0.1) is 0 Å². The monoisotopic (exact) mass is 209 g/mol. The van der Waals surface area contributed by atoms with Gasteiger partial charge in [-0.3, -0.25) is 0 Å². The topological polar surface area (TPSA) is 12.0 Å². The van der Waals surface area contributed by atoms with Crippen LogP contribution < -0.4 is 4.72 Å². The van der Waals surface area contributed by atoms with Gasteiger partial charge in [-0.25, -0.2) is 0 Å². The van der Waals surface area contributed by atoms with Gasteiger partial charge in [-0.1, -0.05) is 51.8 Å². The molecule has 0 fully saturated rings. The molecule has 0 heterocycles. The zero-order chi connectivity index (χ0) is 10.6. The van der Waals surface area contributed by atoms with Crippen molar-refractivity contribution in [1.29, 1.82) is 0 Å². The summed E-state index contributed by atoms with van der Waals surface area (Å²) in [6, 6.07) is 8.67. The van der Waals surface area contributed by atoms with E-state index in [1.165, 1.54) is 11.3 Å². The third-order valence-corrected chi connectivity index (χ3v) is 2.75. The Morgan fingerprint density at radius 3 is 2.14 bits per heavy atom. The highest BCUT2D eigenvalue weighted by molar-refractivity contribution is 8.00. The summed E-state index contributed by atoms with van der Waals surface area (Å²) < 4.78 is 3.29. The Bertz CT molecular complexity index is 271. The maximum absolute atomic E-state index is 3.29. The van der Waals surface area contributed by atoms with E-state index in [1.54, 1.807) is 11.9 Å². The van der Waals surface area contributed by atoms with Gasteiger partial charge in [-0.05, 0) is 23.1 Å². The van der Waals surface area contributed by atoms with Crippen LogP contribution in [-0.2, 0) is 5.41 Å². The Morgan fingerprint density at radius 1 is 1.14 bits per heavy atom. The molecule has 78 valence electrons. The summed E-state index contributed by atoms with van der Waals surface area (Å²) in [5, 5.41) is 0. The summed E-state index contributed by atoms with van der Waals surface area (Å²) in [4.78, 5) is 0. The van der Waals surface area contributed by atoms with Gasteiger partial charge >= 0.3 is 0 Å². The second-order valence-corrected chi connectivity index (χ2v) is 5.43. The number of rotatable bonds is 3. The molecule has 0 aromatic heterocycles. The molecule has 1 nitrogen and oxygen atoms in total. The summed E-state index contributed by atoms with van der Waals surface area (Å²) in [6.07, 6.45) is 0. The lowest BCUT2D eigenvalue weighted by Crippen LogP contribution is -2.10. The molecule has 0 aliphatic carbocycles. The van der Waals surface area contributed by atoms with Crippen molar-refractivity contribution in [1.82, 2.24) is 0 Å². The molecule has 0 aliphatic heterocycles. The highest BCUT2D eigenvalue weighted by atomic mass is 32.2. The first-order chi connectivity index (χ1) is 6.54. The van der Waals surface area contributed by atoms with Crippen LogP contribution in [0.15, 0.2) is 24.3 Å². The fourth-order valence-electron chi connectivity index (χ4n) is 1.19. The van der Waals surface area contributed by atoms with Crippen molar-refractivity contribution in [2.45, 2.75) is 33.1 Å². The maximum atomic E-state index is 3.29. The van der Waals surface area contributed by atoms with E-state index in [0.717, 1.165) is 5.75 Å². The number of hydrogen-bond acceptors (Lipinski definition) is 2. The molecule has 1 rings (SSSR count). The number of anilines is 1. The van der Waals surface area contributed by atoms with E-state index < -0.39 is 0 Å². The van der Waals surface area contributed by atoms with Crippen molar-refractivity contribution in [2.75, 3.05) is 10.5 Å². The SMILES string of the molecule is CCSNc1ccc(C(C)(C)C)cc1. The molecule has 1 aromatic rings. The van der Waals surface area contributed by atoms with Crippen LogP contribution in [0.4, 0.5) is 5.69 Å². The van der Waals surface area contributed by atoms with Gasteiger partial charge in [0.1, 0.15) is 0 Å². The first-order valence-electron chi connectivity index (χ1n) is 5.02. The average molecular weight is 209 g/mol. The molecule has 2 heteroatoms. The molecule has 0 atom stereocenters. The highest BCUT2D eigenvalue weighted by Crippen LogP contribution is 2.24. The fraction of sp³-hybridized carbons (Fsp3) is 0.500. The molecule has 0 saturated carbocycles. The summed E-state index contributed by atoms with van der Waals surface area (Å²) in [6.45, 7) is 8.84. The van der Waals surface area contributed by atoms with E-state index in [0.29, 0.717) is 0 Å². The van der Waals surface area contributed by atoms with Gasteiger partial charge in [-0.15, -0.1) is 0 Å². The third-order valence-electron chi connectivity index (χ3n) is 2.09. The van der Waals surface area contributed by atoms with Crippen molar-refractivity contribution in [3.8, 4) is 0 Å². The van der Waals surface area contributed by atoms with Crippen LogP contribution in [0.3, 0.4) is 0 Å². The zero-order valence-electron chi connectivity index (χ0n) is 9.42. The molecule has 14 heavy (non-hydrogen) atoms. The van der Waals surface area contributed by atoms with E-state index in [4.69, 9.17) is 0 Å². The lowest BCUT2D eigenvalue weighted by molar-refractivity contribution is 0.590. The average Bonchev–Trinajstić information content (AvgIpc) is 2.14. The largest absolute Gasteiger partial charge is 0.330 e. The molecule has 0 radical (unpaired) electrons. The first kappa shape index (κ1) is 11.4. The molecular formula is C12H19NS. The Labute approximate surface area is 91.4 Å². The van der Waals surface area contributed by atoms with Crippen LogP contribution in [0.5, 0.6) is 0 Å². The minimum absolute atomic E-state index is 0.246. The van der Waals surface area contributed by atoms with Crippen LogP contribution in [0.1, 0.15) is 33.3 Å². The van der Waals surface area contributed by atoms with Gasteiger partial charge < -0.3 is 4.72 Å². The molecule has 0 bridgehead atoms. The highest BCUT2D eigenvalue weighted by Gasteiger charge is 2.12. The van der Waals surface area contributed by atoms with E-state index in [1.807, 2.05) is 0 Å². The minimum atomic E-state index is 0.246. The summed E-state index contributed by atoms with van der Waals surface area (Å²) in [7, 11) is 0. The molecule has 0 unspecified atom stereocenters. The predicted octanol–water partition coefficient (Wildman–Crippen LogP) is 4.06. The summed E-state index contributed by atoms with van der Waals surface area (Å²) >= 11 is 1.72. The molecule has 0 aliphatic rings. The lowest BCUT2D eigenvalue weighted by Gasteiger charge is -2.19. The molecule has 0 amide bonds. The van der Waals surface area contributed by atoms with E-state index in [2.05, 4.69) is 56.7 Å².